The van der Waals surface area contributed by atoms with Crippen LogP contribution < -0.4 is 10.2 Å². The number of aliphatic hydroxyl groups excluding tert-OH is 1. The predicted octanol–water partition coefficient (Wildman–Crippen LogP) is -0.0284. The summed E-state index contributed by atoms with van der Waals surface area (Å²) < 4.78 is 0. The van der Waals surface area contributed by atoms with Crippen molar-refractivity contribution in [1.29, 1.82) is 0 Å². The van der Waals surface area contributed by atoms with Crippen LogP contribution in [0.25, 0.3) is 0 Å². The van der Waals surface area contributed by atoms with Gasteiger partial charge < -0.3 is 20.0 Å². The lowest BCUT2D eigenvalue weighted by Gasteiger charge is -2.41. The summed E-state index contributed by atoms with van der Waals surface area (Å²) in [5.41, 5.74) is 1.21. The van der Waals surface area contributed by atoms with E-state index in [9.17, 15) is 4.79 Å². The molecule has 1 aromatic rings. The minimum atomic E-state index is -1.49. The van der Waals surface area contributed by atoms with Crippen molar-refractivity contribution in [2.45, 2.75) is 25.3 Å². The summed E-state index contributed by atoms with van der Waals surface area (Å²) in [5, 5.41) is 20.3. The van der Waals surface area contributed by atoms with Gasteiger partial charge in [-0.1, -0.05) is 18.2 Å². The lowest BCUT2D eigenvalue weighted by atomic mass is 9.79. The SMILES string of the molecule is O=C([C@H]1C[C@@H](NC(O)O)C1)N1CCN(c2ccccc2)CC1. The van der Waals surface area contributed by atoms with Crippen molar-refractivity contribution in [1.82, 2.24) is 10.2 Å². The summed E-state index contributed by atoms with van der Waals surface area (Å²) in [5.74, 6) is 0.234. The largest absolute Gasteiger partial charge is 0.368 e. The summed E-state index contributed by atoms with van der Waals surface area (Å²) in [4.78, 5) is 16.7. The number of rotatable bonds is 4. The van der Waals surface area contributed by atoms with Crippen LogP contribution in [0.15, 0.2) is 30.3 Å². The topological polar surface area (TPSA) is 76.0 Å². The van der Waals surface area contributed by atoms with Crippen molar-refractivity contribution in [3.8, 4) is 0 Å². The third-order valence-corrected chi connectivity index (χ3v) is 4.58. The maximum atomic E-state index is 12.4. The van der Waals surface area contributed by atoms with Gasteiger partial charge in [0.1, 0.15) is 0 Å². The lowest BCUT2D eigenvalue weighted by molar-refractivity contribution is -0.141. The number of hydrogen-bond donors (Lipinski definition) is 3. The highest BCUT2D eigenvalue weighted by molar-refractivity contribution is 5.80. The van der Waals surface area contributed by atoms with E-state index in [0.29, 0.717) is 12.8 Å². The van der Waals surface area contributed by atoms with Gasteiger partial charge in [0.25, 0.3) is 0 Å². The van der Waals surface area contributed by atoms with E-state index < -0.39 is 6.41 Å². The van der Waals surface area contributed by atoms with Gasteiger partial charge in [-0.2, -0.15) is 0 Å². The van der Waals surface area contributed by atoms with Crippen LogP contribution in [-0.4, -0.2) is 59.7 Å². The zero-order chi connectivity index (χ0) is 15.5. The fraction of sp³-hybridized carbons (Fsp3) is 0.562. The average Bonchev–Trinajstić information content (AvgIpc) is 2.51. The van der Waals surface area contributed by atoms with Gasteiger partial charge in [-0.3, -0.25) is 10.1 Å². The molecule has 0 radical (unpaired) electrons. The third-order valence-electron chi connectivity index (χ3n) is 4.58. The van der Waals surface area contributed by atoms with Crippen molar-refractivity contribution >= 4 is 11.6 Å². The summed E-state index contributed by atoms with van der Waals surface area (Å²) in [6.07, 6.45) is -0.111. The zero-order valence-electron chi connectivity index (χ0n) is 12.6. The molecule has 3 rings (SSSR count). The Morgan fingerprint density at radius 1 is 1.09 bits per heavy atom. The minimum absolute atomic E-state index is 0.0273. The standard InChI is InChI=1S/C16H23N3O3/c20-15(12-10-13(11-12)17-16(21)22)19-8-6-18(7-9-19)14-4-2-1-3-5-14/h1-5,12-13,16-17,21-22H,6-11H2/t12-,13+. The first kappa shape index (κ1) is 15.3. The molecule has 1 saturated carbocycles. The molecule has 2 fully saturated rings. The predicted molar refractivity (Wildman–Crippen MR) is 83.1 cm³/mol. The van der Waals surface area contributed by atoms with Gasteiger partial charge in [-0.15, -0.1) is 0 Å². The summed E-state index contributed by atoms with van der Waals surface area (Å²) in [6.45, 7) is 3.23. The van der Waals surface area contributed by atoms with Crippen molar-refractivity contribution in [2.24, 2.45) is 5.92 Å². The number of aliphatic hydroxyl groups is 2. The molecule has 1 aliphatic carbocycles. The molecule has 1 heterocycles. The highest BCUT2D eigenvalue weighted by atomic mass is 16.5. The second-order valence-corrected chi connectivity index (χ2v) is 6.05. The second kappa shape index (κ2) is 6.64. The van der Waals surface area contributed by atoms with Crippen LogP contribution in [-0.2, 0) is 4.79 Å². The number of nitrogens with zero attached hydrogens (tertiary/aromatic N) is 2. The molecule has 1 saturated heterocycles. The molecule has 1 amide bonds. The number of carbonyl (C=O) groups is 1. The fourth-order valence-corrected chi connectivity index (χ4v) is 3.25. The highest BCUT2D eigenvalue weighted by Gasteiger charge is 2.38. The summed E-state index contributed by atoms with van der Waals surface area (Å²) in [7, 11) is 0. The van der Waals surface area contributed by atoms with Crippen LogP contribution in [0.1, 0.15) is 12.8 Å². The molecule has 0 unspecified atom stereocenters. The number of hydrogen-bond acceptors (Lipinski definition) is 5. The van der Waals surface area contributed by atoms with E-state index in [1.165, 1.54) is 5.69 Å². The van der Waals surface area contributed by atoms with Gasteiger partial charge in [-0.05, 0) is 25.0 Å². The van der Waals surface area contributed by atoms with Crippen molar-refractivity contribution < 1.29 is 15.0 Å². The van der Waals surface area contributed by atoms with Crippen LogP contribution in [0.3, 0.4) is 0 Å². The Morgan fingerprint density at radius 3 is 2.32 bits per heavy atom. The molecule has 2 aliphatic rings. The van der Waals surface area contributed by atoms with Crippen LogP contribution >= 0.6 is 0 Å². The van der Waals surface area contributed by atoms with Crippen LogP contribution in [0.4, 0.5) is 5.69 Å². The van der Waals surface area contributed by atoms with Crippen LogP contribution in [0, 0.1) is 5.92 Å². The molecule has 0 spiro atoms. The van der Waals surface area contributed by atoms with E-state index >= 15 is 0 Å². The monoisotopic (exact) mass is 305 g/mol. The van der Waals surface area contributed by atoms with Gasteiger partial charge in [0.05, 0.1) is 0 Å². The molecule has 0 aromatic heterocycles. The molecule has 6 nitrogen and oxygen atoms in total. The highest BCUT2D eigenvalue weighted by Crippen LogP contribution is 2.30. The van der Waals surface area contributed by atoms with Crippen molar-refractivity contribution in [2.75, 3.05) is 31.1 Å². The van der Waals surface area contributed by atoms with E-state index in [-0.39, 0.29) is 17.9 Å². The molecule has 22 heavy (non-hydrogen) atoms. The summed E-state index contributed by atoms with van der Waals surface area (Å²) in [6, 6.07) is 10.3. The zero-order valence-corrected chi connectivity index (χ0v) is 12.6. The maximum absolute atomic E-state index is 12.4. The lowest BCUT2D eigenvalue weighted by Crippen LogP contribution is -2.55. The van der Waals surface area contributed by atoms with Crippen molar-refractivity contribution in [3.63, 3.8) is 0 Å². The van der Waals surface area contributed by atoms with E-state index in [2.05, 4.69) is 22.3 Å². The Kier molecular flexibility index (Phi) is 4.61. The van der Waals surface area contributed by atoms with Gasteiger partial charge in [-0.25, -0.2) is 0 Å². The Hall–Kier alpha value is -1.63. The fourth-order valence-electron chi connectivity index (χ4n) is 3.25. The number of piperazine rings is 1. The van der Waals surface area contributed by atoms with E-state index in [1.807, 2.05) is 23.1 Å². The van der Waals surface area contributed by atoms with Gasteiger partial charge in [0.15, 0.2) is 0 Å². The quantitative estimate of drug-likeness (QED) is 0.681. The first-order chi connectivity index (χ1) is 10.6. The summed E-state index contributed by atoms with van der Waals surface area (Å²) >= 11 is 0. The molecule has 120 valence electrons. The first-order valence-corrected chi connectivity index (χ1v) is 7.84. The molecule has 1 aromatic carbocycles. The number of amides is 1. The number of nitrogens with one attached hydrogen (secondary N) is 1. The normalized spacial score (nSPS) is 25.2. The maximum Gasteiger partial charge on any atom is 0.225 e. The molecule has 0 bridgehead atoms. The average molecular weight is 305 g/mol. The van der Waals surface area contributed by atoms with E-state index in [1.54, 1.807) is 0 Å². The van der Waals surface area contributed by atoms with Gasteiger partial charge in [0, 0.05) is 43.8 Å². The van der Waals surface area contributed by atoms with Crippen molar-refractivity contribution in [3.05, 3.63) is 30.3 Å². The first-order valence-electron chi connectivity index (χ1n) is 7.84. The van der Waals surface area contributed by atoms with Crippen LogP contribution in [0.5, 0.6) is 0 Å². The van der Waals surface area contributed by atoms with E-state index in [0.717, 1.165) is 26.2 Å². The van der Waals surface area contributed by atoms with E-state index in [4.69, 9.17) is 10.2 Å². The molecule has 1 aliphatic heterocycles. The Bertz CT molecular complexity index is 495. The second-order valence-electron chi connectivity index (χ2n) is 6.05. The smallest absolute Gasteiger partial charge is 0.225 e. The van der Waals surface area contributed by atoms with Crippen LogP contribution in [0.2, 0.25) is 0 Å². The molecule has 6 heteroatoms. The molecular weight excluding hydrogens is 282 g/mol. The molecule has 3 N–H and O–H groups in total. The Morgan fingerprint density at radius 2 is 1.73 bits per heavy atom. The Balaban J connectivity index is 1.45. The number of para-hydroxylation sites is 1. The van der Waals surface area contributed by atoms with Gasteiger partial charge >= 0.3 is 0 Å². The third kappa shape index (κ3) is 3.40. The number of benzene rings is 1. The molecule has 0 atom stereocenters. The number of carbonyl (C=O) groups excluding carboxylic acids is 1. The Labute approximate surface area is 130 Å². The molecular formula is C16H23N3O3. The minimum Gasteiger partial charge on any atom is -0.368 e. The number of anilines is 1. The van der Waals surface area contributed by atoms with Gasteiger partial charge in [0.2, 0.25) is 12.3 Å².